The van der Waals surface area contributed by atoms with Gasteiger partial charge in [0.05, 0.1) is 10.6 Å². The van der Waals surface area contributed by atoms with E-state index in [0.717, 1.165) is 35.4 Å². The number of carbonyl (C=O) groups is 1. The van der Waals surface area contributed by atoms with Gasteiger partial charge in [-0.05, 0) is 30.7 Å². The van der Waals surface area contributed by atoms with E-state index in [0.29, 0.717) is 17.5 Å². The number of amides is 1. The van der Waals surface area contributed by atoms with E-state index in [1.54, 1.807) is 6.07 Å². The number of hydrogen-bond donors (Lipinski definition) is 2. The van der Waals surface area contributed by atoms with Gasteiger partial charge in [-0.2, -0.15) is 9.78 Å². The number of H-pyrrole nitrogens is 1. The summed E-state index contributed by atoms with van der Waals surface area (Å²) in [4.78, 5) is 32.3. The van der Waals surface area contributed by atoms with Crippen LogP contribution in [0.4, 0.5) is 5.82 Å². The molecule has 1 amide bonds. The molecule has 7 nitrogen and oxygen atoms in total. The van der Waals surface area contributed by atoms with Gasteiger partial charge in [0.1, 0.15) is 17.4 Å². The molecule has 0 radical (unpaired) electrons. The number of alkyl halides is 1. The third kappa shape index (κ3) is 2.98. The fourth-order valence-electron chi connectivity index (χ4n) is 2.88. The first-order valence-corrected chi connectivity index (χ1v) is 9.19. The van der Waals surface area contributed by atoms with Crippen LogP contribution in [0.15, 0.2) is 28.4 Å². The molecular weight excluding hydrogens is 362 g/mol. The summed E-state index contributed by atoms with van der Waals surface area (Å²) in [6, 6.07) is 5.60. The first-order valence-electron chi connectivity index (χ1n) is 7.78. The molecule has 25 heavy (non-hydrogen) atoms. The van der Waals surface area contributed by atoms with E-state index in [2.05, 4.69) is 20.4 Å². The minimum absolute atomic E-state index is 0.153. The summed E-state index contributed by atoms with van der Waals surface area (Å²) in [6.07, 6.45) is 2.44. The molecule has 0 unspecified atom stereocenters. The molecule has 1 aliphatic carbocycles. The van der Waals surface area contributed by atoms with Gasteiger partial charge in [0.2, 0.25) is 11.9 Å². The van der Waals surface area contributed by atoms with E-state index in [1.807, 2.05) is 17.5 Å². The maximum Gasteiger partial charge on any atom is 0.255 e. The van der Waals surface area contributed by atoms with Crippen LogP contribution in [-0.4, -0.2) is 31.5 Å². The molecule has 0 bridgehead atoms. The Morgan fingerprint density at radius 2 is 2.32 bits per heavy atom. The third-order valence-corrected chi connectivity index (χ3v) is 5.14. The van der Waals surface area contributed by atoms with Gasteiger partial charge in [0.25, 0.3) is 5.56 Å². The number of halogens is 1. The van der Waals surface area contributed by atoms with Crippen molar-refractivity contribution in [1.82, 2.24) is 19.7 Å². The Labute approximate surface area is 151 Å². The Hall–Kier alpha value is -2.45. The van der Waals surface area contributed by atoms with E-state index < -0.39 is 0 Å². The van der Waals surface area contributed by atoms with E-state index in [4.69, 9.17) is 11.6 Å². The van der Waals surface area contributed by atoms with Crippen molar-refractivity contribution < 1.29 is 4.79 Å². The minimum Gasteiger partial charge on any atom is -0.309 e. The predicted octanol–water partition coefficient (Wildman–Crippen LogP) is 2.35. The van der Waals surface area contributed by atoms with Gasteiger partial charge in [-0.1, -0.05) is 6.07 Å². The van der Waals surface area contributed by atoms with Crippen LogP contribution in [0.1, 0.15) is 17.7 Å². The molecule has 3 heterocycles. The Balaban J connectivity index is 1.84. The normalized spacial score (nSPS) is 13.0. The SMILES string of the molecule is O=C(CCl)Nc1cc(-c2cccs2)nn1-c1nc2c(c(=O)[nH]1)CCC2. The molecule has 0 saturated heterocycles. The molecular formula is C16H14ClN5O2S. The largest absolute Gasteiger partial charge is 0.309 e. The molecule has 0 aliphatic heterocycles. The molecule has 0 aromatic carbocycles. The quantitative estimate of drug-likeness (QED) is 0.684. The molecule has 3 aromatic heterocycles. The molecule has 128 valence electrons. The number of anilines is 1. The average Bonchev–Trinajstić information content (AvgIpc) is 3.34. The van der Waals surface area contributed by atoms with E-state index in [-0.39, 0.29) is 17.3 Å². The van der Waals surface area contributed by atoms with Gasteiger partial charge < -0.3 is 5.32 Å². The van der Waals surface area contributed by atoms with Crippen LogP contribution in [0.2, 0.25) is 0 Å². The number of fused-ring (bicyclic) bond motifs is 1. The third-order valence-electron chi connectivity index (χ3n) is 4.00. The Kier molecular flexibility index (Phi) is 4.14. The zero-order valence-corrected chi connectivity index (χ0v) is 14.7. The highest BCUT2D eigenvalue weighted by atomic mass is 35.5. The van der Waals surface area contributed by atoms with Gasteiger partial charge in [-0.25, -0.2) is 4.98 Å². The number of nitrogens with one attached hydrogen (secondary N) is 2. The Morgan fingerprint density at radius 3 is 3.08 bits per heavy atom. The highest BCUT2D eigenvalue weighted by Gasteiger charge is 2.20. The van der Waals surface area contributed by atoms with E-state index in [1.165, 1.54) is 16.0 Å². The molecule has 1 aliphatic rings. The van der Waals surface area contributed by atoms with Crippen LogP contribution in [0.3, 0.4) is 0 Å². The number of aromatic nitrogens is 4. The highest BCUT2D eigenvalue weighted by molar-refractivity contribution is 7.13. The monoisotopic (exact) mass is 375 g/mol. The summed E-state index contributed by atoms with van der Waals surface area (Å²) >= 11 is 7.13. The van der Waals surface area contributed by atoms with Crippen LogP contribution in [0, 0.1) is 0 Å². The standard InChI is InChI=1S/C16H14ClN5O2S/c17-8-14(23)19-13-7-11(12-5-2-6-25-12)21-22(13)16-18-10-4-1-3-9(10)15(24)20-16/h2,5-7H,1,3-4,8H2,(H,19,23)(H,18,20,24). The number of thiophene rings is 1. The van der Waals surface area contributed by atoms with E-state index >= 15 is 0 Å². The van der Waals surface area contributed by atoms with Crippen molar-refractivity contribution in [1.29, 1.82) is 0 Å². The van der Waals surface area contributed by atoms with Crippen molar-refractivity contribution in [3.8, 4) is 16.5 Å². The molecule has 2 N–H and O–H groups in total. The van der Waals surface area contributed by atoms with Gasteiger partial charge in [0, 0.05) is 11.6 Å². The van der Waals surface area contributed by atoms with E-state index in [9.17, 15) is 9.59 Å². The fourth-order valence-corrected chi connectivity index (χ4v) is 3.63. The first-order chi connectivity index (χ1) is 12.2. The van der Waals surface area contributed by atoms with Crippen molar-refractivity contribution in [3.63, 3.8) is 0 Å². The van der Waals surface area contributed by atoms with Gasteiger partial charge in [-0.15, -0.1) is 22.9 Å². The molecule has 4 rings (SSSR count). The maximum absolute atomic E-state index is 12.3. The summed E-state index contributed by atoms with van der Waals surface area (Å²) in [6.45, 7) is 0. The second-order valence-electron chi connectivity index (χ2n) is 5.65. The smallest absolute Gasteiger partial charge is 0.255 e. The molecule has 0 fully saturated rings. The lowest BCUT2D eigenvalue weighted by Crippen LogP contribution is -2.21. The lowest BCUT2D eigenvalue weighted by Gasteiger charge is -2.08. The van der Waals surface area contributed by atoms with Crippen LogP contribution >= 0.6 is 22.9 Å². The number of carbonyl (C=O) groups excluding carboxylic acids is 1. The highest BCUT2D eigenvalue weighted by Crippen LogP contribution is 2.27. The van der Waals surface area contributed by atoms with Crippen molar-refractivity contribution in [3.05, 3.63) is 45.2 Å². The average molecular weight is 376 g/mol. The predicted molar refractivity (Wildman–Crippen MR) is 96.7 cm³/mol. The summed E-state index contributed by atoms with van der Waals surface area (Å²) in [5, 5.41) is 9.16. The zero-order valence-electron chi connectivity index (χ0n) is 13.1. The molecule has 0 saturated carbocycles. The molecule has 9 heteroatoms. The number of rotatable bonds is 4. The van der Waals surface area contributed by atoms with Crippen molar-refractivity contribution in [2.24, 2.45) is 0 Å². The zero-order chi connectivity index (χ0) is 17.4. The fraction of sp³-hybridized carbons (Fsp3) is 0.250. The number of nitrogens with zero attached hydrogens (tertiary/aromatic N) is 3. The van der Waals surface area contributed by atoms with Crippen LogP contribution < -0.4 is 10.9 Å². The van der Waals surface area contributed by atoms with Crippen molar-refractivity contribution in [2.45, 2.75) is 19.3 Å². The lowest BCUT2D eigenvalue weighted by atomic mass is 10.3. The van der Waals surface area contributed by atoms with Gasteiger partial charge in [-0.3, -0.25) is 14.6 Å². The Bertz CT molecular complexity index is 993. The molecule has 0 spiro atoms. The van der Waals surface area contributed by atoms with Crippen LogP contribution in [0.25, 0.3) is 16.5 Å². The molecule has 3 aromatic rings. The van der Waals surface area contributed by atoms with Crippen LogP contribution in [0.5, 0.6) is 0 Å². The summed E-state index contributed by atoms with van der Waals surface area (Å²) in [5.41, 5.74) is 2.06. The molecule has 0 atom stereocenters. The minimum atomic E-state index is -0.357. The first kappa shape index (κ1) is 16.0. The summed E-state index contributed by atoms with van der Waals surface area (Å²) < 4.78 is 1.44. The number of hydrogen-bond acceptors (Lipinski definition) is 5. The number of aryl methyl sites for hydroxylation is 1. The second-order valence-corrected chi connectivity index (χ2v) is 6.87. The Morgan fingerprint density at radius 1 is 1.44 bits per heavy atom. The van der Waals surface area contributed by atoms with Gasteiger partial charge in [0.15, 0.2) is 0 Å². The summed E-state index contributed by atoms with van der Waals surface area (Å²) in [7, 11) is 0. The van der Waals surface area contributed by atoms with Crippen molar-refractivity contribution >= 4 is 34.7 Å². The summed E-state index contributed by atoms with van der Waals surface area (Å²) in [5.74, 6) is 0.172. The lowest BCUT2D eigenvalue weighted by molar-refractivity contribution is -0.114. The van der Waals surface area contributed by atoms with Crippen molar-refractivity contribution in [2.75, 3.05) is 11.2 Å². The second kappa shape index (κ2) is 6.45. The maximum atomic E-state index is 12.3. The van der Waals surface area contributed by atoms with Crippen LogP contribution in [-0.2, 0) is 17.6 Å². The topological polar surface area (TPSA) is 92.7 Å². The van der Waals surface area contributed by atoms with Gasteiger partial charge >= 0.3 is 0 Å². The number of aromatic amines is 1.